The highest BCUT2D eigenvalue weighted by molar-refractivity contribution is 7.89. The summed E-state index contributed by atoms with van der Waals surface area (Å²) in [5.74, 6) is 1.29. The molecule has 1 amide bonds. The number of nitrogens with one attached hydrogen (secondary N) is 1. The number of hydrogen-bond acceptors (Lipinski definition) is 7. The SMILES string of the molecule is CCOc1ccc(-c2noc(CNS(=O)(=O)c3ccc(N4CCCC4=O)cc3)n2)cc1. The van der Waals surface area contributed by atoms with Crippen LogP contribution in [-0.4, -0.2) is 37.6 Å². The van der Waals surface area contributed by atoms with Crippen LogP contribution in [0.15, 0.2) is 57.9 Å². The van der Waals surface area contributed by atoms with Crippen LogP contribution in [0.3, 0.4) is 0 Å². The van der Waals surface area contributed by atoms with Gasteiger partial charge in [0, 0.05) is 24.2 Å². The van der Waals surface area contributed by atoms with Crippen LogP contribution in [-0.2, 0) is 21.4 Å². The first-order valence-electron chi connectivity index (χ1n) is 9.92. The van der Waals surface area contributed by atoms with Crippen molar-refractivity contribution in [1.29, 1.82) is 0 Å². The molecule has 1 aliphatic rings. The minimum Gasteiger partial charge on any atom is -0.494 e. The second-order valence-corrected chi connectivity index (χ2v) is 8.70. The zero-order valence-corrected chi connectivity index (χ0v) is 17.8. The first-order chi connectivity index (χ1) is 15.0. The molecule has 2 aromatic carbocycles. The molecule has 1 aliphatic heterocycles. The number of hydrogen-bond donors (Lipinski definition) is 1. The van der Waals surface area contributed by atoms with Gasteiger partial charge in [-0.3, -0.25) is 4.79 Å². The summed E-state index contributed by atoms with van der Waals surface area (Å²) >= 11 is 0. The highest BCUT2D eigenvalue weighted by atomic mass is 32.2. The van der Waals surface area contributed by atoms with Crippen LogP contribution in [0.4, 0.5) is 5.69 Å². The number of carbonyl (C=O) groups excluding carboxylic acids is 1. The molecule has 0 atom stereocenters. The third kappa shape index (κ3) is 4.75. The van der Waals surface area contributed by atoms with Crippen LogP contribution in [0.25, 0.3) is 11.4 Å². The molecule has 10 heteroatoms. The van der Waals surface area contributed by atoms with E-state index >= 15 is 0 Å². The molecule has 31 heavy (non-hydrogen) atoms. The maximum atomic E-state index is 12.6. The third-order valence-corrected chi connectivity index (χ3v) is 6.25. The fourth-order valence-corrected chi connectivity index (χ4v) is 4.25. The number of aromatic nitrogens is 2. The van der Waals surface area contributed by atoms with E-state index in [1.54, 1.807) is 41.3 Å². The fourth-order valence-electron chi connectivity index (χ4n) is 3.28. The standard InChI is InChI=1S/C21H22N4O5S/c1-2-29-17-9-5-15(6-10-17)21-23-19(30-24-21)14-22-31(27,28)18-11-7-16(8-12-18)25-13-3-4-20(25)26/h5-12,22H,2-4,13-14H2,1H3. The van der Waals surface area contributed by atoms with E-state index in [0.29, 0.717) is 31.1 Å². The Balaban J connectivity index is 1.40. The minimum absolute atomic E-state index is 0.0495. The summed E-state index contributed by atoms with van der Waals surface area (Å²) in [6.45, 7) is 2.99. The predicted octanol–water partition coefficient (Wildman–Crippen LogP) is 2.74. The Hall–Kier alpha value is -3.24. The minimum atomic E-state index is -3.78. The second kappa shape index (κ2) is 8.86. The molecule has 0 aliphatic carbocycles. The lowest BCUT2D eigenvalue weighted by atomic mass is 10.2. The first kappa shape index (κ1) is 21.0. The van der Waals surface area contributed by atoms with Crippen LogP contribution < -0.4 is 14.4 Å². The molecule has 4 rings (SSSR count). The summed E-state index contributed by atoms with van der Waals surface area (Å²) < 4.78 is 38.2. The molecule has 1 N–H and O–H groups in total. The Morgan fingerprint density at radius 3 is 2.52 bits per heavy atom. The Kier molecular flexibility index (Phi) is 6.01. The number of ether oxygens (including phenoxy) is 1. The summed E-state index contributed by atoms with van der Waals surface area (Å²) in [5.41, 5.74) is 1.42. The number of nitrogens with zero attached hydrogens (tertiary/aromatic N) is 3. The van der Waals surface area contributed by atoms with Gasteiger partial charge in [-0.05, 0) is 61.9 Å². The van der Waals surface area contributed by atoms with Crippen LogP contribution in [0, 0.1) is 0 Å². The Bertz CT molecular complexity index is 1160. The van der Waals surface area contributed by atoms with Gasteiger partial charge in [0.25, 0.3) is 0 Å². The molecule has 1 aromatic heterocycles. The van der Waals surface area contributed by atoms with E-state index in [9.17, 15) is 13.2 Å². The van der Waals surface area contributed by atoms with E-state index in [1.165, 1.54) is 12.1 Å². The van der Waals surface area contributed by atoms with Crippen LogP contribution >= 0.6 is 0 Å². The summed E-state index contributed by atoms with van der Waals surface area (Å²) in [6, 6.07) is 13.4. The fraction of sp³-hybridized carbons (Fsp3) is 0.286. The molecule has 2 heterocycles. The monoisotopic (exact) mass is 442 g/mol. The van der Waals surface area contributed by atoms with Gasteiger partial charge in [-0.1, -0.05) is 5.16 Å². The number of rotatable bonds is 8. The lowest BCUT2D eigenvalue weighted by molar-refractivity contribution is -0.117. The van der Waals surface area contributed by atoms with Gasteiger partial charge in [-0.15, -0.1) is 0 Å². The number of amides is 1. The van der Waals surface area contributed by atoms with Crippen molar-refractivity contribution in [3.63, 3.8) is 0 Å². The zero-order chi connectivity index (χ0) is 21.8. The van der Waals surface area contributed by atoms with Crippen LogP contribution in [0.2, 0.25) is 0 Å². The topological polar surface area (TPSA) is 115 Å². The number of anilines is 1. The molecule has 9 nitrogen and oxygen atoms in total. The largest absolute Gasteiger partial charge is 0.494 e. The smallest absolute Gasteiger partial charge is 0.242 e. The Labute approximate surface area is 180 Å². The summed E-state index contributed by atoms with van der Waals surface area (Å²) in [6.07, 6.45) is 1.33. The first-order valence-corrected chi connectivity index (χ1v) is 11.4. The van der Waals surface area contributed by atoms with Crippen LogP contribution in [0.1, 0.15) is 25.7 Å². The van der Waals surface area contributed by atoms with Crippen molar-refractivity contribution in [2.45, 2.75) is 31.2 Å². The lowest BCUT2D eigenvalue weighted by Gasteiger charge is -2.15. The van der Waals surface area contributed by atoms with Crippen molar-refractivity contribution >= 4 is 21.6 Å². The molecule has 0 spiro atoms. The second-order valence-electron chi connectivity index (χ2n) is 6.94. The number of benzene rings is 2. The maximum absolute atomic E-state index is 12.6. The van der Waals surface area contributed by atoms with Crippen molar-refractivity contribution in [3.05, 3.63) is 54.4 Å². The van der Waals surface area contributed by atoms with Gasteiger partial charge in [0.1, 0.15) is 5.75 Å². The van der Waals surface area contributed by atoms with Gasteiger partial charge in [0.15, 0.2) is 0 Å². The molecule has 0 bridgehead atoms. The van der Waals surface area contributed by atoms with Crippen LogP contribution in [0.5, 0.6) is 5.75 Å². The summed E-state index contributed by atoms with van der Waals surface area (Å²) in [7, 11) is -3.78. The van der Waals surface area contributed by atoms with Gasteiger partial charge in [-0.25, -0.2) is 13.1 Å². The zero-order valence-electron chi connectivity index (χ0n) is 16.9. The Morgan fingerprint density at radius 1 is 1.13 bits per heavy atom. The van der Waals surface area contributed by atoms with Crippen molar-refractivity contribution in [2.24, 2.45) is 0 Å². The van der Waals surface area contributed by atoms with Gasteiger partial charge >= 0.3 is 0 Å². The summed E-state index contributed by atoms with van der Waals surface area (Å²) in [4.78, 5) is 17.8. The summed E-state index contributed by atoms with van der Waals surface area (Å²) in [5, 5.41) is 3.90. The molecule has 1 saturated heterocycles. The van der Waals surface area contributed by atoms with Gasteiger partial charge in [-0.2, -0.15) is 4.98 Å². The molecule has 1 fully saturated rings. The van der Waals surface area contributed by atoms with E-state index in [1.807, 2.05) is 6.92 Å². The van der Waals surface area contributed by atoms with E-state index in [4.69, 9.17) is 9.26 Å². The third-order valence-electron chi connectivity index (χ3n) is 4.84. The average Bonchev–Trinajstić information content (AvgIpc) is 3.42. The molecule has 0 saturated carbocycles. The average molecular weight is 442 g/mol. The van der Waals surface area contributed by atoms with Crippen molar-refractivity contribution in [3.8, 4) is 17.1 Å². The van der Waals surface area contributed by atoms with Crippen molar-refractivity contribution < 1.29 is 22.5 Å². The lowest BCUT2D eigenvalue weighted by Crippen LogP contribution is -2.25. The molecule has 162 valence electrons. The van der Waals surface area contributed by atoms with E-state index in [-0.39, 0.29) is 23.2 Å². The predicted molar refractivity (Wildman–Crippen MR) is 113 cm³/mol. The highest BCUT2D eigenvalue weighted by Crippen LogP contribution is 2.23. The normalized spacial score (nSPS) is 14.2. The van der Waals surface area contributed by atoms with E-state index in [2.05, 4.69) is 14.9 Å². The molecule has 0 unspecified atom stereocenters. The molecular formula is C21H22N4O5S. The van der Waals surface area contributed by atoms with Gasteiger partial charge in [0.2, 0.25) is 27.6 Å². The van der Waals surface area contributed by atoms with E-state index < -0.39 is 10.0 Å². The van der Waals surface area contributed by atoms with E-state index in [0.717, 1.165) is 17.7 Å². The maximum Gasteiger partial charge on any atom is 0.242 e. The highest BCUT2D eigenvalue weighted by Gasteiger charge is 2.22. The molecule has 0 radical (unpaired) electrons. The molecule has 3 aromatic rings. The van der Waals surface area contributed by atoms with Gasteiger partial charge in [0.05, 0.1) is 18.0 Å². The van der Waals surface area contributed by atoms with Crippen molar-refractivity contribution in [2.75, 3.05) is 18.1 Å². The quantitative estimate of drug-likeness (QED) is 0.570. The number of sulfonamides is 1. The van der Waals surface area contributed by atoms with Gasteiger partial charge < -0.3 is 14.2 Å². The molecular weight excluding hydrogens is 420 g/mol. The number of carbonyl (C=O) groups is 1. The Morgan fingerprint density at radius 2 is 1.87 bits per heavy atom. The van der Waals surface area contributed by atoms with Crippen molar-refractivity contribution in [1.82, 2.24) is 14.9 Å².